The van der Waals surface area contributed by atoms with Crippen molar-refractivity contribution in [2.24, 2.45) is 10.8 Å². The molecule has 5 heteroatoms. The van der Waals surface area contributed by atoms with Crippen molar-refractivity contribution in [2.45, 2.75) is 118 Å². The van der Waals surface area contributed by atoms with Crippen LogP contribution in [0.3, 0.4) is 0 Å². The smallest absolute Gasteiger partial charge is 0.162 e. The molecule has 1 saturated carbocycles. The molecule has 0 saturated heterocycles. The highest BCUT2D eigenvalue weighted by Gasteiger charge is 2.50. The summed E-state index contributed by atoms with van der Waals surface area (Å²) in [5.41, 5.74) is 7.04. The van der Waals surface area contributed by atoms with Gasteiger partial charge >= 0.3 is 0 Å². The van der Waals surface area contributed by atoms with E-state index >= 15 is 0 Å². The Balaban J connectivity index is 1.47. The zero-order valence-electron chi connectivity index (χ0n) is 27.6. The van der Waals surface area contributed by atoms with Gasteiger partial charge in [0.05, 0.1) is 6.61 Å². The number of hydrogen-bond acceptors (Lipinski definition) is 5. The van der Waals surface area contributed by atoms with Crippen LogP contribution in [-0.4, -0.2) is 29.1 Å². The Kier molecular flexibility index (Phi) is 8.28. The van der Waals surface area contributed by atoms with Gasteiger partial charge in [0.25, 0.3) is 0 Å². The lowest BCUT2D eigenvalue weighted by molar-refractivity contribution is -0.119. The summed E-state index contributed by atoms with van der Waals surface area (Å²) in [5.74, 6) is 1.32. The molecule has 0 amide bonds. The number of benzene rings is 2. The van der Waals surface area contributed by atoms with Gasteiger partial charge in [0.1, 0.15) is 6.61 Å². The van der Waals surface area contributed by atoms with Crippen LogP contribution in [0.2, 0.25) is 0 Å². The summed E-state index contributed by atoms with van der Waals surface area (Å²) < 4.78 is 12.4. The van der Waals surface area contributed by atoms with Crippen molar-refractivity contribution < 1.29 is 19.1 Å². The highest BCUT2D eigenvalue weighted by Crippen LogP contribution is 2.56. The van der Waals surface area contributed by atoms with Crippen molar-refractivity contribution in [3.05, 3.63) is 81.7 Å². The topological polar surface area (TPSA) is 55.8 Å². The molecular formula is C39H49NO4. The molecular weight excluding hydrogens is 546 g/mol. The molecule has 5 nitrogen and oxygen atoms in total. The van der Waals surface area contributed by atoms with Crippen LogP contribution in [0.25, 0.3) is 0 Å². The van der Waals surface area contributed by atoms with Gasteiger partial charge in [-0.15, -0.1) is 0 Å². The van der Waals surface area contributed by atoms with E-state index in [9.17, 15) is 9.59 Å². The Hall–Kier alpha value is -3.34. The van der Waals surface area contributed by atoms with Crippen molar-refractivity contribution in [2.75, 3.05) is 6.61 Å². The van der Waals surface area contributed by atoms with Crippen LogP contribution in [0.15, 0.2) is 65.0 Å². The van der Waals surface area contributed by atoms with Crippen molar-refractivity contribution in [3.63, 3.8) is 0 Å². The van der Waals surface area contributed by atoms with Gasteiger partial charge in [-0.05, 0) is 73.6 Å². The number of carbonyl (C=O) groups excluding carboxylic acids is 2. The van der Waals surface area contributed by atoms with Gasteiger partial charge in [0.15, 0.2) is 23.1 Å². The summed E-state index contributed by atoms with van der Waals surface area (Å²) in [4.78, 5) is 31.0. The van der Waals surface area contributed by atoms with Crippen LogP contribution in [0, 0.1) is 17.8 Å². The maximum atomic E-state index is 14.3. The van der Waals surface area contributed by atoms with E-state index in [-0.39, 0.29) is 28.3 Å². The van der Waals surface area contributed by atoms with E-state index in [0.29, 0.717) is 43.6 Å². The van der Waals surface area contributed by atoms with Gasteiger partial charge in [0.2, 0.25) is 0 Å². The summed E-state index contributed by atoms with van der Waals surface area (Å²) >= 11 is 0. The third kappa shape index (κ3) is 5.99. The molecule has 0 radical (unpaired) electrons. The van der Waals surface area contributed by atoms with E-state index < -0.39 is 0 Å². The van der Waals surface area contributed by atoms with Crippen LogP contribution in [0.1, 0.15) is 115 Å². The Labute approximate surface area is 263 Å². The Bertz CT molecular complexity index is 1450. The van der Waals surface area contributed by atoms with Crippen molar-refractivity contribution >= 4 is 11.6 Å². The van der Waals surface area contributed by atoms with Gasteiger partial charge in [-0.1, -0.05) is 82.9 Å². The summed E-state index contributed by atoms with van der Waals surface area (Å²) in [7, 11) is 0. The first-order valence-corrected chi connectivity index (χ1v) is 16.7. The molecule has 6 rings (SSSR count). The molecule has 1 fully saturated rings. The quantitative estimate of drug-likeness (QED) is 0.320. The van der Waals surface area contributed by atoms with Gasteiger partial charge in [-0.25, -0.2) is 0 Å². The molecule has 0 spiro atoms. The molecule has 4 aliphatic rings. The molecule has 2 aromatic carbocycles. The first-order valence-electron chi connectivity index (χ1n) is 16.7. The van der Waals surface area contributed by atoms with Crippen LogP contribution in [-0.2, 0) is 16.2 Å². The summed E-state index contributed by atoms with van der Waals surface area (Å²) in [6.45, 7) is 13.9. The van der Waals surface area contributed by atoms with Crippen LogP contribution >= 0.6 is 0 Å². The van der Waals surface area contributed by atoms with Crippen molar-refractivity contribution in [1.29, 1.82) is 0 Å². The first-order chi connectivity index (χ1) is 21.0. The number of Topliss-reactive ketones (excluding diaryl/α,β-unsaturated/α-hetero) is 2. The summed E-state index contributed by atoms with van der Waals surface area (Å²) in [6.07, 6.45) is 8.59. The molecule has 0 atom stereocenters. The third-order valence-electron chi connectivity index (χ3n) is 10.0. The predicted molar refractivity (Wildman–Crippen MR) is 175 cm³/mol. The van der Waals surface area contributed by atoms with Gasteiger partial charge in [-0.3, -0.25) is 9.59 Å². The largest absolute Gasteiger partial charge is 0.490 e. The SMILES string of the molecule is CCOc1cc(C2C3=C(CC(C)(C)CC3=O)N(C3CCCCC3)C3=C2C(=O)CC(C)(C)C3)ccc1OCc1ccc(C)cc1. The Morgan fingerprint density at radius 3 is 1.91 bits per heavy atom. The number of allylic oxidation sites excluding steroid dienone is 4. The zero-order chi connectivity index (χ0) is 31.2. The second-order valence-corrected chi connectivity index (χ2v) is 15.1. The first kappa shape index (κ1) is 30.7. The molecule has 0 N–H and O–H groups in total. The minimum atomic E-state index is -0.377. The average molecular weight is 596 g/mol. The van der Waals surface area contributed by atoms with Gasteiger partial charge in [-0.2, -0.15) is 0 Å². The lowest BCUT2D eigenvalue weighted by atomic mass is 9.63. The summed E-state index contributed by atoms with van der Waals surface area (Å²) in [5, 5.41) is 0. The fourth-order valence-corrected chi connectivity index (χ4v) is 8.05. The highest BCUT2D eigenvalue weighted by atomic mass is 16.5. The fraction of sp³-hybridized carbons (Fsp3) is 0.538. The van der Waals surface area contributed by atoms with Crippen LogP contribution < -0.4 is 9.47 Å². The second kappa shape index (κ2) is 11.9. The van der Waals surface area contributed by atoms with Crippen LogP contribution in [0.4, 0.5) is 0 Å². The highest BCUT2D eigenvalue weighted by molar-refractivity contribution is 6.06. The van der Waals surface area contributed by atoms with E-state index in [2.05, 4.69) is 69.9 Å². The second-order valence-electron chi connectivity index (χ2n) is 15.1. The third-order valence-corrected chi connectivity index (χ3v) is 10.0. The van der Waals surface area contributed by atoms with E-state index in [4.69, 9.17) is 9.47 Å². The number of rotatable bonds is 7. The average Bonchev–Trinajstić information content (AvgIpc) is 2.95. The minimum absolute atomic E-state index is 0.121. The van der Waals surface area contributed by atoms with E-state index in [0.717, 1.165) is 48.0 Å². The molecule has 44 heavy (non-hydrogen) atoms. The molecule has 1 aliphatic heterocycles. The Morgan fingerprint density at radius 2 is 1.34 bits per heavy atom. The Morgan fingerprint density at radius 1 is 0.750 bits per heavy atom. The van der Waals surface area contributed by atoms with Crippen molar-refractivity contribution in [3.8, 4) is 11.5 Å². The molecule has 234 valence electrons. The molecule has 0 bridgehead atoms. The maximum Gasteiger partial charge on any atom is 0.162 e. The lowest BCUT2D eigenvalue weighted by Crippen LogP contribution is -2.48. The number of ketones is 2. The molecule has 0 aromatic heterocycles. The molecule has 2 aromatic rings. The van der Waals surface area contributed by atoms with Gasteiger partial charge in [0, 0.05) is 47.3 Å². The van der Waals surface area contributed by atoms with E-state index in [1.807, 2.05) is 19.1 Å². The number of ether oxygens (including phenoxy) is 2. The number of hydrogen-bond donors (Lipinski definition) is 0. The monoisotopic (exact) mass is 595 g/mol. The standard InChI is InChI=1S/C39H49NO4/c1-7-43-34-19-27(17-18-33(34)44-24-26-15-13-25(2)14-16-26)35-36-29(20-38(3,4)22-31(36)41)40(28-11-9-8-10-12-28)30-21-39(5,6)23-32(42)37(30)35/h13-19,28,35H,7-12,20-24H2,1-6H3. The number of aryl methyl sites for hydroxylation is 1. The maximum absolute atomic E-state index is 14.3. The molecule has 3 aliphatic carbocycles. The minimum Gasteiger partial charge on any atom is -0.490 e. The lowest BCUT2D eigenvalue weighted by Gasteiger charge is -2.52. The van der Waals surface area contributed by atoms with Crippen LogP contribution in [0.5, 0.6) is 11.5 Å². The fourth-order valence-electron chi connectivity index (χ4n) is 8.05. The summed E-state index contributed by atoms with van der Waals surface area (Å²) in [6, 6.07) is 14.8. The van der Waals surface area contributed by atoms with E-state index in [1.54, 1.807) is 0 Å². The van der Waals surface area contributed by atoms with E-state index in [1.165, 1.54) is 36.2 Å². The van der Waals surface area contributed by atoms with Crippen molar-refractivity contribution in [1.82, 2.24) is 4.90 Å². The number of carbonyl (C=O) groups is 2. The number of nitrogens with zero attached hydrogens (tertiary/aromatic N) is 1. The van der Waals surface area contributed by atoms with Gasteiger partial charge < -0.3 is 14.4 Å². The molecule has 0 unspecified atom stereocenters. The molecule has 1 heterocycles. The normalized spacial score (nSPS) is 22.2. The zero-order valence-corrected chi connectivity index (χ0v) is 27.6. The predicted octanol–water partition coefficient (Wildman–Crippen LogP) is 8.99.